The zero-order chi connectivity index (χ0) is 10.7. The van der Waals surface area contributed by atoms with Crippen molar-refractivity contribution >= 4 is 5.91 Å². The molecule has 1 aromatic heterocycles. The van der Waals surface area contributed by atoms with Crippen LogP contribution in [0.5, 0.6) is 0 Å². The first-order valence-corrected chi connectivity index (χ1v) is 5.51. The van der Waals surface area contributed by atoms with Crippen molar-refractivity contribution in [1.29, 1.82) is 0 Å². The average Bonchev–Trinajstić information content (AvgIpc) is 2.49. The lowest BCUT2D eigenvalue weighted by Crippen LogP contribution is -2.34. The number of carbonyl (C=O) groups is 1. The molecule has 0 unspecified atom stereocenters. The van der Waals surface area contributed by atoms with Gasteiger partial charge in [0.1, 0.15) is 6.54 Å². The van der Waals surface area contributed by atoms with E-state index in [0.29, 0.717) is 12.5 Å². The molecule has 0 spiro atoms. The van der Waals surface area contributed by atoms with Gasteiger partial charge < -0.3 is 5.32 Å². The minimum absolute atomic E-state index is 0.0636. The van der Waals surface area contributed by atoms with Gasteiger partial charge in [0, 0.05) is 18.4 Å². The number of carbonyl (C=O) groups excluding carboxylic acids is 1. The molecule has 1 amide bonds. The van der Waals surface area contributed by atoms with Crippen LogP contribution in [0.2, 0.25) is 0 Å². The molecule has 0 radical (unpaired) electrons. The topological polar surface area (TPSA) is 46.9 Å². The molecule has 0 aliphatic heterocycles. The van der Waals surface area contributed by atoms with Crippen molar-refractivity contribution in [2.75, 3.05) is 6.54 Å². The summed E-state index contributed by atoms with van der Waals surface area (Å²) >= 11 is 0. The van der Waals surface area contributed by atoms with Gasteiger partial charge in [0.05, 0.1) is 0 Å². The van der Waals surface area contributed by atoms with E-state index in [-0.39, 0.29) is 5.91 Å². The number of hydrogen-bond acceptors (Lipinski definition) is 2. The Morgan fingerprint density at radius 3 is 3.00 bits per heavy atom. The normalized spacial score (nSPS) is 16.1. The van der Waals surface area contributed by atoms with Gasteiger partial charge in [0.2, 0.25) is 5.91 Å². The van der Waals surface area contributed by atoms with Gasteiger partial charge in [0.25, 0.3) is 0 Å². The van der Waals surface area contributed by atoms with Gasteiger partial charge in [-0.1, -0.05) is 6.42 Å². The average molecular weight is 207 g/mol. The highest BCUT2D eigenvalue weighted by Gasteiger charge is 2.17. The van der Waals surface area contributed by atoms with Crippen LogP contribution in [0.25, 0.3) is 0 Å². The van der Waals surface area contributed by atoms with E-state index < -0.39 is 0 Å². The third-order valence-corrected chi connectivity index (χ3v) is 3.03. The van der Waals surface area contributed by atoms with Crippen LogP contribution in [0.15, 0.2) is 12.3 Å². The molecule has 1 aromatic rings. The zero-order valence-electron chi connectivity index (χ0n) is 9.07. The molecule has 0 atom stereocenters. The van der Waals surface area contributed by atoms with Gasteiger partial charge in [-0.25, -0.2) is 0 Å². The lowest BCUT2D eigenvalue weighted by molar-refractivity contribution is -0.122. The minimum Gasteiger partial charge on any atom is -0.354 e. The third kappa shape index (κ3) is 2.58. The molecule has 1 aliphatic carbocycles. The van der Waals surface area contributed by atoms with E-state index in [1.807, 2.05) is 13.0 Å². The predicted octanol–water partition coefficient (Wildman–Crippen LogP) is 1.11. The summed E-state index contributed by atoms with van der Waals surface area (Å²) < 4.78 is 1.72. The van der Waals surface area contributed by atoms with Crippen molar-refractivity contribution in [3.05, 3.63) is 18.0 Å². The summed E-state index contributed by atoms with van der Waals surface area (Å²) in [7, 11) is 0. The standard InChI is InChI=1S/C11H17N3O/c1-9-5-6-13-14(9)8-11(15)12-7-10-3-2-4-10/h5-6,10H,2-4,7-8H2,1H3,(H,12,15). The Labute approximate surface area is 89.7 Å². The van der Waals surface area contributed by atoms with Gasteiger partial charge >= 0.3 is 0 Å². The molecule has 1 heterocycles. The van der Waals surface area contributed by atoms with E-state index in [4.69, 9.17) is 0 Å². The van der Waals surface area contributed by atoms with Gasteiger partial charge in [-0.15, -0.1) is 0 Å². The Kier molecular flexibility index (Phi) is 3.04. The van der Waals surface area contributed by atoms with Crippen molar-refractivity contribution in [3.8, 4) is 0 Å². The van der Waals surface area contributed by atoms with E-state index >= 15 is 0 Å². The van der Waals surface area contributed by atoms with E-state index in [0.717, 1.165) is 12.2 Å². The molecule has 82 valence electrons. The summed E-state index contributed by atoms with van der Waals surface area (Å²) in [5.74, 6) is 0.779. The molecule has 0 saturated heterocycles. The molecule has 15 heavy (non-hydrogen) atoms. The molecule has 1 fully saturated rings. The highest BCUT2D eigenvalue weighted by atomic mass is 16.2. The largest absolute Gasteiger partial charge is 0.354 e. The second kappa shape index (κ2) is 4.47. The second-order valence-corrected chi connectivity index (χ2v) is 4.23. The summed E-state index contributed by atoms with van der Waals surface area (Å²) in [5.41, 5.74) is 1.02. The SMILES string of the molecule is Cc1ccnn1CC(=O)NCC1CCC1. The van der Waals surface area contributed by atoms with Crippen molar-refractivity contribution in [1.82, 2.24) is 15.1 Å². The van der Waals surface area contributed by atoms with E-state index in [2.05, 4.69) is 10.4 Å². The molecule has 2 rings (SSSR count). The molecule has 4 nitrogen and oxygen atoms in total. The number of aryl methyl sites for hydroxylation is 1. The molecular weight excluding hydrogens is 190 g/mol. The third-order valence-electron chi connectivity index (χ3n) is 3.03. The van der Waals surface area contributed by atoms with Crippen molar-refractivity contribution in [2.24, 2.45) is 5.92 Å². The summed E-state index contributed by atoms with van der Waals surface area (Å²) in [6, 6.07) is 1.90. The van der Waals surface area contributed by atoms with Gasteiger partial charge in [0.15, 0.2) is 0 Å². The Balaban J connectivity index is 1.74. The predicted molar refractivity (Wildman–Crippen MR) is 57.3 cm³/mol. The van der Waals surface area contributed by atoms with Crippen molar-refractivity contribution in [2.45, 2.75) is 32.7 Å². The molecule has 1 N–H and O–H groups in total. The molecule has 1 saturated carbocycles. The Hall–Kier alpha value is -1.32. The van der Waals surface area contributed by atoms with Crippen molar-refractivity contribution in [3.63, 3.8) is 0 Å². The lowest BCUT2D eigenvalue weighted by Gasteiger charge is -2.25. The Morgan fingerprint density at radius 1 is 1.67 bits per heavy atom. The fraction of sp³-hybridized carbons (Fsp3) is 0.636. The Morgan fingerprint density at radius 2 is 2.47 bits per heavy atom. The van der Waals surface area contributed by atoms with Crippen LogP contribution in [0.4, 0.5) is 0 Å². The monoisotopic (exact) mass is 207 g/mol. The number of nitrogens with zero attached hydrogens (tertiary/aromatic N) is 2. The number of amides is 1. The first-order chi connectivity index (χ1) is 7.25. The summed E-state index contributed by atoms with van der Waals surface area (Å²) in [6.45, 7) is 3.12. The van der Waals surface area contributed by atoms with Crippen LogP contribution < -0.4 is 5.32 Å². The van der Waals surface area contributed by atoms with Gasteiger partial charge in [-0.05, 0) is 31.7 Å². The van der Waals surface area contributed by atoms with E-state index in [1.165, 1.54) is 19.3 Å². The van der Waals surface area contributed by atoms with Crippen LogP contribution in [-0.4, -0.2) is 22.2 Å². The minimum atomic E-state index is 0.0636. The number of rotatable bonds is 4. The zero-order valence-corrected chi connectivity index (χ0v) is 9.07. The van der Waals surface area contributed by atoms with E-state index in [1.54, 1.807) is 10.9 Å². The quantitative estimate of drug-likeness (QED) is 0.804. The maximum atomic E-state index is 11.5. The molecule has 0 bridgehead atoms. The summed E-state index contributed by atoms with van der Waals surface area (Å²) in [6.07, 6.45) is 5.56. The van der Waals surface area contributed by atoms with E-state index in [9.17, 15) is 4.79 Å². The first-order valence-electron chi connectivity index (χ1n) is 5.51. The summed E-state index contributed by atoms with van der Waals surface area (Å²) in [5, 5.41) is 7.02. The maximum absolute atomic E-state index is 11.5. The van der Waals surface area contributed by atoms with Crippen LogP contribution in [0.3, 0.4) is 0 Å². The molecular formula is C11H17N3O. The molecule has 0 aromatic carbocycles. The van der Waals surface area contributed by atoms with Crippen LogP contribution in [-0.2, 0) is 11.3 Å². The first kappa shape index (κ1) is 10.2. The molecule has 1 aliphatic rings. The summed E-state index contributed by atoms with van der Waals surface area (Å²) in [4.78, 5) is 11.5. The smallest absolute Gasteiger partial charge is 0.241 e. The van der Waals surface area contributed by atoms with Crippen LogP contribution in [0.1, 0.15) is 25.0 Å². The number of hydrogen-bond donors (Lipinski definition) is 1. The lowest BCUT2D eigenvalue weighted by atomic mass is 9.85. The van der Waals surface area contributed by atoms with Gasteiger partial charge in [-0.2, -0.15) is 5.10 Å². The van der Waals surface area contributed by atoms with Crippen molar-refractivity contribution < 1.29 is 4.79 Å². The molecule has 4 heteroatoms. The Bertz CT molecular complexity index is 341. The number of nitrogens with one attached hydrogen (secondary N) is 1. The maximum Gasteiger partial charge on any atom is 0.241 e. The fourth-order valence-corrected chi connectivity index (χ4v) is 1.71. The number of aromatic nitrogens is 2. The highest BCUT2D eigenvalue weighted by Crippen LogP contribution is 2.24. The second-order valence-electron chi connectivity index (χ2n) is 4.23. The fourth-order valence-electron chi connectivity index (χ4n) is 1.71. The van der Waals surface area contributed by atoms with Crippen LogP contribution >= 0.6 is 0 Å². The highest BCUT2D eigenvalue weighted by molar-refractivity contribution is 5.75. The van der Waals surface area contributed by atoms with Gasteiger partial charge in [-0.3, -0.25) is 9.48 Å². The van der Waals surface area contributed by atoms with Crippen LogP contribution in [0, 0.1) is 12.8 Å².